The summed E-state index contributed by atoms with van der Waals surface area (Å²) >= 11 is 6.15. The molecule has 0 unspecified atom stereocenters. The van der Waals surface area contributed by atoms with E-state index in [0.717, 1.165) is 0 Å². The summed E-state index contributed by atoms with van der Waals surface area (Å²) in [6.07, 6.45) is 0. The van der Waals surface area contributed by atoms with Gasteiger partial charge in [0, 0.05) is 24.7 Å². The summed E-state index contributed by atoms with van der Waals surface area (Å²) in [5.74, 6) is 0.466. The smallest absolute Gasteiger partial charge is 0.255 e. The van der Waals surface area contributed by atoms with E-state index in [1.165, 1.54) is 36.7 Å². The van der Waals surface area contributed by atoms with Crippen molar-refractivity contribution in [3.63, 3.8) is 0 Å². The largest absolute Gasteiger partial charge is 0.497 e. The minimum absolute atomic E-state index is 0.0482. The molecule has 0 aromatic heterocycles. The minimum atomic E-state index is -3.85. The predicted octanol–water partition coefficient (Wildman–Crippen LogP) is 2.63. The van der Waals surface area contributed by atoms with Crippen LogP contribution < -0.4 is 14.8 Å². The molecule has 1 fully saturated rings. The Morgan fingerprint density at radius 2 is 1.83 bits per heavy atom. The average molecular weight is 441 g/mol. The van der Waals surface area contributed by atoms with Gasteiger partial charge in [-0.25, -0.2) is 8.42 Å². The summed E-state index contributed by atoms with van der Waals surface area (Å²) in [4.78, 5) is 12.7. The number of nitrogens with one attached hydrogen (secondary N) is 1. The van der Waals surface area contributed by atoms with Crippen LogP contribution in [0, 0.1) is 0 Å². The molecule has 3 rings (SSSR count). The minimum Gasteiger partial charge on any atom is -0.497 e. The Morgan fingerprint density at radius 3 is 2.48 bits per heavy atom. The number of hydrogen-bond acceptors (Lipinski definition) is 6. The van der Waals surface area contributed by atoms with E-state index in [9.17, 15) is 13.2 Å². The molecule has 2 aromatic carbocycles. The third-order valence-corrected chi connectivity index (χ3v) is 6.82. The molecule has 0 bridgehead atoms. The van der Waals surface area contributed by atoms with Crippen LogP contribution in [0.1, 0.15) is 10.4 Å². The predicted molar refractivity (Wildman–Crippen MR) is 109 cm³/mol. The molecule has 0 radical (unpaired) electrons. The van der Waals surface area contributed by atoms with Crippen molar-refractivity contribution in [2.75, 3.05) is 45.8 Å². The van der Waals surface area contributed by atoms with Crippen molar-refractivity contribution >= 4 is 33.2 Å². The molecule has 1 aliphatic heterocycles. The molecule has 1 aliphatic rings. The van der Waals surface area contributed by atoms with Gasteiger partial charge in [0.1, 0.15) is 16.4 Å². The number of rotatable bonds is 6. The molecule has 1 saturated heterocycles. The highest BCUT2D eigenvalue weighted by atomic mass is 35.5. The van der Waals surface area contributed by atoms with Crippen LogP contribution in [0.25, 0.3) is 0 Å². The van der Waals surface area contributed by atoms with Crippen LogP contribution in [-0.2, 0) is 14.8 Å². The van der Waals surface area contributed by atoms with Crippen LogP contribution in [0.5, 0.6) is 11.5 Å². The van der Waals surface area contributed by atoms with Crippen molar-refractivity contribution in [2.24, 2.45) is 0 Å². The first-order valence-corrected chi connectivity index (χ1v) is 10.6. The fraction of sp³-hybridized carbons (Fsp3) is 0.316. The summed E-state index contributed by atoms with van der Waals surface area (Å²) in [5, 5.41) is 2.76. The van der Waals surface area contributed by atoms with E-state index in [1.807, 2.05) is 0 Å². The topological polar surface area (TPSA) is 94.2 Å². The second-order valence-electron chi connectivity index (χ2n) is 6.18. The summed E-state index contributed by atoms with van der Waals surface area (Å²) in [5.41, 5.74) is 0.537. The van der Waals surface area contributed by atoms with E-state index in [2.05, 4.69) is 5.32 Å². The van der Waals surface area contributed by atoms with Crippen molar-refractivity contribution in [2.45, 2.75) is 4.90 Å². The number of carbonyl (C=O) groups excluding carboxylic acids is 1. The molecule has 1 N–H and O–H groups in total. The Morgan fingerprint density at radius 1 is 1.10 bits per heavy atom. The Hall–Kier alpha value is -2.33. The first kappa shape index (κ1) is 21.4. The van der Waals surface area contributed by atoms with E-state index >= 15 is 0 Å². The van der Waals surface area contributed by atoms with Gasteiger partial charge >= 0.3 is 0 Å². The normalized spacial score (nSPS) is 15.0. The molecule has 29 heavy (non-hydrogen) atoms. The lowest BCUT2D eigenvalue weighted by molar-refractivity contribution is 0.0730. The van der Waals surface area contributed by atoms with Crippen molar-refractivity contribution in [3.05, 3.63) is 47.0 Å². The van der Waals surface area contributed by atoms with E-state index in [0.29, 0.717) is 30.4 Å². The maximum absolute atomic E-state index is 12.9. The molecule has 1 amide bonds. The molecule has 0 aliphatic carbocycles. The van der Waals surface area contributed by atoms with Crippen molar-refractivity contribution < 1.29 is 27.4 Å². The number of ether oxygens (including phenoxy) is 3. The number of amides is 1. The number of carbonyl (C=O) groups is 1. The first-order chi connectivity index (χ1) is 13.9. The van der Waals surface area contributed by atoms with Crippen LogP contribution in [-0.4, -0.2) is 59.2 Å². The van der Waals surface area contributed by atoms with Gasteiger partial charge in [-0.1, -0.05) is 11.6 Å². The number of benzene rings is 2. The highest BCUT2D eigenvalue weighted by Crippen LogP contribution is 2.30. The molecule has 10 heteroatoms. The maximum Gasteiger partial charge on any atom is 0.255 e. The SMILES string of the molecule is COc1ccc(OC)c(NC(=O)c2ccc(Cl)c(S(=O)(=O)N3CCOCC3)c2)c1. The number of anilines is 1. The third-order valence-electron chi connectivity index (χ3n) is 4.44. The highest BCUT2D eigenvalue weighted by Gasteiger charge is 2.29. The van der Waals surface area contributed by atoms with E-state index in [4.69, 9.17) is 25.8 Å². The average Bonchev–Trinajstić information content (AvgIpc) is 2.74. The van der Waals surface area contributed by atoms with Gasteiger partial charge in [-0.2, -0.15) is 4.31 Å². The quantitative estimate of drug-likeness (QED) is 0.742. The summed E-state index contributed by atoms with van der Waals surface area (Å²) < 4.78 is 42.8. The van der Waals surface area contributed by atoms with Crippen molar-refractivity contribution in [1.29, 1.82) is 0 Å². The standard InChI is InChI=1S/C19H21ClN2O6S/c1-26-14-4-6-17(27-2)16(12-14)21-19(23)13-3-5-15(20)18(11-13)29(24,25)22-7-9-28-10-8-22/h3-6,11-12H,7-10H2,1-2H3,(H,21,23). The van der Waals surface area contributed by atoms with Crippen LogP contribution in [0.4, 0.5) is 5.69 Å². The summed E-state index contributed by atoms with van der Waals surface area (Å²) in [6, 6.07) is 9.09. The molecular weight excluding hydrogens is 420 g/mol. The Labute approximate surface area is 174 Å². The zero-order chi connectivity index (χ0) is 21.0. The first-order valence-electron chi connectivity index (χ1n) is 8.77. The van der Waals surface area contributed by atoms with Gasteiger partial charge in [-0.3, -0.25) is 4.79 Å². The highest BCUT2D eigenvalue weighted by molar-refractivity contribution is 7.89. The van der Waals surface area contributed by atoms with Crippen LogP contribution in [0.2, 0.25) is 5.02 Å². The van der Waals surface area contributed by atoms with Gasteiger partial charge in [0.05, 0.1) is 38.1 Å². The van der Waals surface area contributed by atoms with Gasteiger partial charge in [-0.15, -0.1) is 0 Å². The number of hydrogen-bond donors (Lipinski definition) is 1. The molecule has 0 saturated carbocycles. The third kappa shape index (κ3) is 4.64. The van der Waals surface area contributed by atoms with E-state index < -0.39 is 15.9 Å². The molecule has 0 spiro atoms. The number of sulfonamides is 1. The van der Waals surface area contributed by atoms with Crippen LogP contribution in [0.3, 0.4) is 0 Å². The van der Waals surface area contributed by atoms with Gasteiger partial charge in [0.25, 0.3) is 5.91 Å². The fourth-order valence-electron chi connectivity index (χ4n) is 2.87. The zero-order valence-electron chi connectivity index (χ0n) is 16.0. The van der Waals surface area contributed by atoms with Crippen molar-refractivity contribution in [1.82, 2.24) is 4.31 Å². The molecule has 156 valence electrons. The lowest BCUT2D eigenvalue weighted by Gasteiger charge is -2.26. The van der Waals surface area contributed by atoms with E-state index in [1.54, 1.807) is 18.2 Å². The second kappa shape index (κ2) is 9.00. The van der Waals surface area contributed by atoms with E-state index in [-0.39, 0.29) is 28.6 Å². The van der Waals surface area contributed by atoms with Gasteiger partial charge in [0.2, 0.25) is 10.0 Å². The lowest BCUT2D eigenvalue weighted by atomic mass is 10.2. The lowest BCUT2D eigenvalue weighted by Crippen LogP contribution is -2.40. The Bertz CT molecular complexity index is 1010. The van der Waals surface area contributed by atoms with Gasteiger partial charge in [0.15, 0.2) is 0 Å². The van der Waals surface area contributed by atoms with Gasteiger partial charge in [-0.05, 0) is 30.3 Å². The summed E-state index contributed by atoms with van der Waals surface area (Å²) in [6.45, 7) is 1.09. The monoisotopic (exact) mass is 440 g/mol. The van der Waals surface area contributed by atoms with Crippen molar-refractivity contribution in [3.8, 4) is 11.5 Å². The number of nitrogens with zero attached hydrogens (tertiary/aromatic N) is 1. The molecule has 1 heterocycles. The Kier molecular flexibility index (Phi) is 6.63. The fourth-order valence-corrected chi connectivity index (χ4v) is 4.78. The van der Waals surface area contributed by atoms with Gasteiger partial charge < -0.3 is 19.5 Å². The zero-order valence-corrected chi connectivity index (χ0v) is 17.5. The number of halogens is 1. The second-order valence-corrected chi connectivity index (χ2v) is 8.50. The molecule has 2 aromatic rings. The molecular formula is C19H21ClN2O6S. The maximum atomic E-state index is 12.9. The van der Waals surface area contributed by atoms with Crippen LogP contribution >= 0.6 is 11.6 Å². The molecule has 0 atom stereocenters. The van der Waals surface area contributed by atoms with Crippen LogP contribution in [0.15, 0.2) is 41.3 Å². The Balaban J connectivity index is 1.90. The summed E-state index contributed by atoms with van der Waals surface area (Å²) in [7, 11) is -0.860. The molecule has 8 nitrogen and oxygen atoms in total. The number of methoxy groups -OCH3 is 2. The number of morpholine rings is 1.